The van der Waals surface area contributed by atoms with Crippen molar-refractivity contribution in [2.75, 3.05) is 13.6 Å². The first-order chi connectivity index (χ1) is 8.72. The van der Waals surface area contributed by atoms with E-state index in [0.717, 1.165) is 12.1 Å². The quantitative estimate of drug-likeness (QED) is 0.798. The Morgan fingerprint density at radius 3 is 2.72 bits per heavy atom. The molecule has 1 aromatic carbocycles. The molecule has 1 aliphatic carbocycles. The molecule has 1 N–H and O–H groups in total. The van der Waals surface area contributed by atoms with Gasteiger partial charge < -0.3 is 5.32 Å². The van der Waals surface area contributed by atoms with Gasteiger partial charge in [-0.15, -0.1) is 0 Å². The predicted octanol–water partition coefficient (Wildman–Crippen LogP) is 4.02. The fraction of sp³-hybridized carbons (Fsp3) is 0.625. The summed E-state index contributed by atoms with van der Waals surface area (Å²) in [5, 5.41) is 3.32. The summed E-state index contributed by atoms with van der Waals surface area (Å²) in [7, 11) is 2.03. The van der Waals surface area contributed by atoms with E-state index in [2.05, 4.69) is 5.32 Å². The molecule has 0 aliphatic heterocycles. The molecule has 0 saturated heterocycles. The standard InChI is InChI=1S/C16H24FN/c1-12-10-14(17)8-9-15(12)16-7-5-3-4-6-13(16)11-18-2/h8-10,13,16,18H,3-7,11H2,1-2H3. The first kappa shape index (κ1) is 13.5. The fourth-order valence-corrected chi connectivity index (χ4v) is 3.36. The van der Waals surface area contributed by atoms with Gasteiger partial charge >= 0.3 is 0 Å². The van der Waals surface area contributed by atoms with Crippen molar-refractivity contribution < 1.29 is 4.39 Å². The van der Waals surface area contributed by atoms with Gasteiger partial charge in [0.05, 0.1) is 0 Å². The molecule has 1 fully saturated rings. The molecule has 0 spiro atoms. The number of rotatable bonds is 3. The van der Waals surface area contributed by atoms with Crippen molar-refractivity contribution in [1.82, 2.24) is 5.32 Å². The van der Waals surface area contributed by atoms with E-state index >= 15 is 0 Å². The summed E-state index contributed by atoms with van der Waals surface area (Å²) in [6.45, 7) is 3.11. The van der Waals surface area contributed by atoms with E-state index in [-0.39, 0.29) is 5.82 Å². The molecule has 2 atom stereocenters. The Kier molecular flexibility index (Phi) is 4.76. The smallest absolute Gasteiger partial charge is 0.123 e. The zero-order valence-corrected chi connectivity index (χ0v) is 11.5. The van der Waals surface area contributed by atoms with E-state index in [1.807, 2.05) is 20.0 Å². The van der Waals surface area contributed by atoms with Gasteiger partial charge in [-0.3, -0.25) is 0 Å². The summed E-state index contributed by atoms with van der Waals surface area (Å²) in [5.41, 5.74) is 2.47. The Labute approximate surface area is 110 Å². The van der Waals surface area contributed by atoms with E-state index in [4.69, 9.17) is 0 Å². The van der Waals surface area contributed by atoms with E-state index in [0.29, 0.717) is 11.8 Å². The minimum Gasteiger partial charge on any atom is -0.319 e. The third kappa shape index (κ3) is 3.11. The minimum atomic E-state index is -0.116. The van der Waals surface area contributed by atoms with Crippen molar-refractivity contribution in [3.63, 3.8) is 0 Å². The largest absolute Gasteiger partial charge is 0.319 e. The molecule has 0 aromatic heterocycles. The molecular weight excluding hydrogens is 225 g/mol. The molecule has 2 rings (SSSR count). The van der Waals surface area contributed by atoms with Crippen LogP contribution in [-0.2, 0) is 0 Å². The van der Waals surface area contributed by atoms with Crippen LogP contribution in [0.15, 0.2) is 18.2 Å². The maximum absolute atomic E-state index is 13.2. The van der Waals surface area contributed by atoms with Gasteiger partial charge in [0.2, 0.25) is 0 Å². The van der Waals surface area contributed by atoms with E-state index in [9.17, 15) is 4.39 Å². The highest BCUT2D eigenvalue weighted by atomic mass is 19.1. The number of hydrogen-bond donors (Lipinski definition) is 1. The topological polar surface area (TPSA) is 12.0 Å². The van der Waals surface area contributed by atoms with Gasteiger partial charge in [-0.1, -0.05) is 25.3 Å². The third-order valence-corrected chi connectivity index (χ3v) is 4.26. The Morgan fingerprint density at radius 1 is 1.22 bits per heavy atom. The number of hydrogen-bond acceptors (Lipinski definition) is 1. The summed E-state index contributed by atoms with van der Waals surface area (Å²) < 4.78 is 13.2. The normalized spacial score (nSPS) is 24.8. The lowest BCUT2D eigenvalue weighted by Crippen LogP contribution is -2.24. The van der Waals surface area contributed by atoms with Crippen LogP contribution >= 0.6 is 0 Å². The molecule has 0 bridgehead atoms. The van der Waals surface area contributed by atoms with Gasteiger partial charge in [-0.2, -0.15) is 0 Å². The lowest BCUT2D eigenvalue weighted by Gasteiger charge is -2.26. The van der Waals surface area contributed by atoms with Crippen LogP contribution < -0.4 is 5.32 Å². The van der Waals surface area contributed by atoms with Gasteiger partial charge in [0.25, 0.3) is 0 Å². The first-order valence-corrected chi connectivity index (χ1v) is 7.13. The van der Waals surface area contributed by atoms with Gasteiger partial charge in [0, 0.05) is 0 Å². The Morgan fingerprint density at radius 2 is 2.00 bits per heavy atom. The van der Waals surface area contributed by atoms with E-state index < -0.39 is 0 Å². The minimum absolute atomic E-state index is 0.116. The molecule has 0 radical (unpaired) electrons. The lowest BCUT2D eigenvalue weighted by molar-refractivity contribution is 0.384. The highest BCUT2D eigenvalue weighted by Gasteiger charge is 2.25. The Hall–Kier alpha value is -0.890. The van der Waals surface area contributed by atoms with Gasteiger partial charge in [-0.05, 0) is 68.5 Å². The zero-order valence-electron chi connectivity index (χ0n) is 11.5. The highest BCUT2D eigenvalue weighted by Crippen LogP contribution is 2.37. The molecule has 1 saturated carbocycles. The van der Waals surface area contributed by atoms with E-state index in [1.54, 1.807) is 12.1 Å². The van der Waals surface area contributed by atoms with Crippen LogP contribution in [0.1, 0.15) is 49.1 Å². The summed E-state index contributed by atoms with van der Waals surface area (Å²) in [5.74, 6) is 1.18. The van der Waals surface area contributed by atoms with Crippen LogP contribution in [0.25, 0.3) is 0 Å². The second-order valence-electron chi connectivity index (χ2n) is 5.56. The van der Waals surface area contributed by atoms with Crippen molar-refractivity contribution in [2.45, 2.75) is 44.9 Å². The van der Waals surface area contributed by atoms with Crippen LogP contribution in [0.3, 0.4) is 0 Å². The molecule has 18 heavy (non-hydrogen) atoms. The zero-order chi connectivity index (χ0) is 13.0. The number of nitrogens with one attached hydrogen (secondary N) is 1. The van der Waals surface area contributed by atoms with Gasteiger partial charge in [0.15, 0.2) is 0 Å². The fourth-order valence-electron chi connectivity index (χ4n) is 3.36. The highest BCUT2D eigenvalue weighted by molar-refractivity contribution is 5.30. The summed E-state index contributed by atoms with van der Waals surface area (Å²) in [6.07, 6.45) is 6.53. The molecule has 1 nitrogen and oxygen atoms in total. The van der Waals surface area contributed by atoms with Crippen LogP contribution in [0.5, 0.6) is 0 Å². The Balaban J connectivity index is 2.25. The van der Waals surface area contributed by atoms with E-state index in [1.165, 1.54) is 37.7 Å². The molecule has 2 unspecified atom stereocenters. The third-order valence-electron chi connectivity index (χ3n) is 4.26. The number of aryl methyl sites for hydroxylation is 1. The van der Waals surface area contributed by atoms with Gasteiger partial charge in [-0.25, -0.2) is 4.39 Å². The molecule has 0 heterocycles. The Bertz CT molecular complexity index is 389. The number of halogens is 1. The monoisotopic (exact) mass is 249 g/mol. The van der Waals surface area contributed by atoms with Crippen molar-refractivity contribution in [3.8, 4) is 0 Å². The predicted molar refractivity (Wildman–Crippen MR) is 74.4 cm³/mol. The molecule has 1 aliphatic rings. The van der Waals surface area contributed by atoms with Crippen LogP contribution in [0, 0.1) is 18.7 Å². The van der Waals surface area contributed by atoms with Crippen molar-refractivity contribution >= 4 is 0 Å². The lowest BCUT2D eigenvalue weighted by atomic mass is 9.80. The van der Waals surface area contributed by atoms with Crippen LogP contribution in [0.2, 0.25) is 0 Å². The first-order valence-electron chi connectivity index (χ1n) is 7.13. The molecular formula is C16H24FN. The average Bonchev–Trinajstić information content (AvgIpc) is 2.56. The summed E-state index contributed by atoms with van der Waals surface area (Å²) in [4.78, 5) is 0. The molecule has 1 aromatic rings. The summed E-state index contributed by atoms with van der Waals surface area (Å²) in [6, 6.07) is 5.30. The van der Waals surface area contributed by atoms with Crippen molar-refractivity contribution in [3.05, 3.63) is 35.1 Å². The average molecular weight is 249 g/mol. The van der Waals surface area contributed by atoms with Crippen LogP contribution in [0.4, 0.5) is 4.39 Å². The van der Waals surface area contributed by atoms with Crippen LogP contribution in [-0.4, -0.2) is 13.6 Å². The molecule has 0 amide bonds. The number of benzene rings is 1. The second-order valence-corrected chi connectivity index (χ2v) is 5.56. The van der Waals surface area contributed by atoms with Crippen molar-refractivity contribution in [2.24, 2.45) is 5.92 Å². The second kappa shape index (κ2) is 6.33. The van der Waals surface area contributed by atoms with Gasteiger partial charge in [0.1, 0.15) is 5.82 Å². The molecule has 2 heteroatoms. The molecule has 100 valence electrons. The SMILES string of the molecule is CNCC1CCCCCC1c1ccc(F)cc1C. The maximum atomic E-state index is 13.2. The van der Waals surface area contributed by atoms with Crippen molar-refractivity contribution in [1.29, 1.82) is 0 Å². The summed E-state index contributed by atoms with van der Waals surface area (Å²) >= 11 is 0. The maximum Gasteiger partial charge on any atom is 0.123 e.